The van der Waals surface area contributed by atoms with Gasteiger partial charge in [-0.2, -0.15) is 8.78 Å². The Hall–Kier alpha value is -1.42. The van der Waals surface area contributed by atoms with E-state index in [9.17, 15) is 8.78 Å². The highest BCUT2D eigenvalue weighted by atomic mass is 19.3. The highest BCUT2D eigenvalue weighted by Crippen LogP contribution is 2.16. The summed E-state index contributed by atoms with van der Waals surface area (Å²) in [6.45, 7) is -0.190. The lowest BCUT2D eigenvalue weighted by Crippen LogP contribution is -2.01. The summed E-state index contributed by atoms with van der Waals surface area (Å²) in [4.78, 5) is 0. The van der Waals surface area contributed by atoms with Gasteiger partial charge in [0.1, 0.15) is 5.75 Å². The number of ether oxygens (including phenoxy) is 1. The Bertz CT molecular complexity index is 360. The normalized spacial score (nSPS) is 11.9. The number of nitrogens with two attached hydrogens (primary N) is 1. The first-order chi connectivity index (χ1) is 8.11. The van der Waals surface area contributed by atoms with E-state index >= 15 is 0 Å². The maximum absolute atomic E-state index is 11.9. The Morgan fingerprint density at radius 3 is 2.53 bits per heavy atom. The van der Waals surface area contributed by atoms with Gasteiger partial charge in [0.25, 0.3) is 0 Å². The second-order valence-corrected chi connectivity index (χ2v) is 3.81. The van der Waals surface area contributed by atoms with Crippen LogP contribution in [0.5, 0.6) is 5.75 Å². The molecule has 1 aromatic rings. The molecule has 0 aromatic heterocycles. The Morgan fingerprint density at radius 2 is 2.00 bits per heavy atom. The third-order valence-corrected chi connectivity index (χ3v) is 2.42. The van der Waals surface area contributed by atoms with Crippen molar-refractivity contribution in [1.29, 1.82) is 0 Å². The molecule has 0 aliphatic rings. The summed E-state index contributed by atoms with van der Waals surface area (Å²) in [5, 5.41) is 0. The van der Waals surface area contributed by atoms with Crippen LogP contribution in [0.25, 0.3) is 0 Å². The van der Waals surface area contributed by atoms with Crippen molar-refractivity contribution in [2.24, 2.45) is 5.73 Å². The van der Waals surface area contributed by atoms with Crippen molar-refractivity contribution in [3.8, 4) is 5.75 Å². The lowest BCUT2D eigenvalue weighted by atomic mass is 10.1. The molecular formula is C13H17F2NO. The lowest BCUT2D eigenvalue weighted by molar-refractivity contribution is -0.0498. The monoisotopic (exact) mass is 241 g/mol. The van der Waals surface area contributed by atoms with E-state index < -0.39 is 6.61 Å². The summed E-state index contributed by atoms with van der Waals surface area (Å²) < 4.78 is 28.1. The molecule has 0 bridgehead atoms. The summed E-state index contributed by atoms with van der Waals surface area (Å²) in [7, 11) is 0. The van der Waals surface area contributed by atoms with Gasteiger partial charge in [-0.25, -0.2) is 0 Å². The van der Waals surface area contributed by atoms with Gasteiger partial charge in [0.05, 0.1) is 0 Å². The zero-order valence-electron chi connectivity index (χ0n) is 9.83. The second kappa shape index (κ2) is 7.01. The summed E-state index contributed by atoms with van der Waals surface area (Å²) >= 11 is 0. The minimum Gasteiger partial charge on any atom is -0.435 e. The Kier molecular flexibility index (Phi) is 5.63. The minimum atomic E-state index is -2.77. The van der Waals surface area contributed by atoms with Crippen LogP contribution >= 0.6 is 0 Å². The molecule has 0 aliphatic heterocycles. The van der Waals surface area contributed by atoms with Crippen molar-refractivity contribution in [2.45, 2.75) is 26.4 Å². The highest BCUT2D eigenvalue weighted by Gasteiger charge is 2.03. The number of halogens is 2. The topological polar surface area (TPSA) is 35.2 Å². The molecule has 0 unspecified atom stereocenters. The quantitative estimate of drug-likeness (QED) is 0.776. The molecule has 0 heterocycles. The maximum atomic E-state index is 11.9. The number of benzene rings is 1. The fraction of sp³-hybridized carbons (Fsp3) is 0.385. The molecule has 2 nitrogen and oxygen atoms in total. The molecule has 2 N–H and O–H groups in total. The standard InChI is InChI=1S/C13H17F2NO/c1-10(8-9-16)2-3-11-4-6-12(7-5-11)17-13(14)15/h4-8,13H,2-3,9,16H2,1H3. The van der Waals surface area contributed by atoms with Crippen LogP contribution in [0.4, 0.5) is 8.78 Å². The van der Waals surface area contributed by atoms with Gasteiger partial charge in [0.2, 0.25) is 0 Å². The fourth-order valence-corrected chi connectivity index (χ4v) is 1.48. The summed E-state index contributed by atoms with van der Waals surface area (Å²) in [5.74, 6) is 0.193. The zero-order valence-corrected chi connectivity index (χ0v) is 9.83. The van der Waals surface area contributed by atoms with Crippen molar-refractivity contribution >= 4 is 0 Å². The van der Waals surface area contributed by atoms with Crippen LogP contribution in [0.3, 0.4) is 0 Å². The molecule has 1 rings (SSSR count). The van der Waals surface area contributed by atoms with Crippen LogP contribution in [0.2, 0.25) is 0 Å². The van der Waals surface area contributed by atoms with E-state index in [0.29, 0.717) is 6.54 Å². The van der Waals surface area contributed by atoms with Crippen LogP contribution in [0.15, 0.2) is 35.9 Å². The predicted molar refractivity (Wildman–Crippen MR) is 64.2 cm³/mol. The number of alkyl halides is 2. The third-order valence-electron chi connectivity index (χ3n) is 2.42. The molecule has 1 aromatic carbocycles. The Balaban J connectivity index is 2.48. The van der Waals surface area contributed by atoms with E-state index in [0.717, 1.165) is 18.4 Å². The van der Waals surface area contributed by atoms with Crippen molar-refractivity contribution in [3.63, 3.8) is 0 Å². The molecule has 0 atom stereocenters. The molecule has 4 heteroatoms. The van der Waals surface area contributed by atoms with Crippen molar-refractivity contribution < 1.29 is 13.5 Å². The van der Waals surface area contributed by atoms with Crippen LogP contribution in [-0.2, 0) is 6.42 Å². The molecule has 0 spiro atoms. The largest absolute Gasteiger partial charge is 0.435 e. The van der Waals surface area contributed by atoms with E-state index in [1.54, 1.807) is 24.3 Å². The van der Waals surface area contributed by atoms with Gasteiger partial charge < -0.3 is 10.5 Å². The highest BCUT2D eigenvalue weighted by molar-refractivity contribution is 5.27. The van der Waals surface area contributed by atoms with E-state index in [1.165, 1.54) is 5.57 Å². The van der Waals surface area contributed by atoms with Gasteiger partial charge in [0, 0.05) is 6.54 Å². The predicted octanol–water partition coefficient (Wildman–Crippen LogP) is 3.13. The Morgan fingerprint density at radius 1 is 1.35 bits per heavy atom. The molecule has 0 aliphatic carbocycles. The third kappa shape index (κ3) is 5.45. The van der Waals surface area contributed by atoms with Gasteiger partial charge >= 0.3 is 6.61 Å². The zero-order chi connectivity index (χ0) is 12.7. The van der Waals surface area contributed by atoms with Crippen LogP contribution in [0.1, 0.15) is 18.9 Å². The molecular weight excluding hydrogens is 224 g/mol. The van der Waals surface area contributed by atoms with E-state index in [4.69, 9.17) is 5.73 Å². The maximum Gasteiger partial charge on any atom is 0.387 e. The minimum absolute atomic E-state index is 0.193. The number of rotatable bonds is 6. The molecule has 17 heavy (non-hydrogen) atoms. The molecule has 94 valence electrons. The van der Waals surface area contributed by atoms with Gasteiger partial charge in [0.15, 0.2) is 0 Å². The number of aryl methyl sites for hydroxylation is 1. The van der Waals surface area contributed by atoms with Crippen molar-refractivity contribution in [1.82, 2.24) is 0 Å². The van der Waals surface area contributed by atoms with Crippen molar-refractivity contribution in [3.05, 3.63) is 41.5 Å². The van der Waals surface area contributed by atoms with E-state index in [1.807, 2.05) is 13.0 Å². The van der Waals surface area contributed by atoms with Gasteiger partial charge in [-0.15, -0.1) is 0 Å². The van der Waals surface area contributed by atoms with E-state index in [-0.39, 0.29) is 5.75 Å². The van der Waals surface area contributed by atoms with Crippen LogP contribution < -0.4 is 10.5 Å². The van der Waals surface area contributed by atoms with E-state index in [2.05, 4.69) is 4.74 Å². The fourth-order valence-electron chi connectivity index (χ4n) is 1.48. The first-order valence-corrected chi connectivity index (χ1v) is 5.51. The van der Waals surface area contributed by atoms with Gasteiger partial charge in [-0.05, 0) is 37.5 Å². The number of hydrogen-bond acceptors (Lipinski definition) is 2. The first-order valence-electron chi connectivity index (χ1n) is 5.51. The number of allylic oxidation sites excluding steroid dienone is 1. The Labute approximate surface area is 100 Å². The molecule has 0 radical (unpaired) electrons. The lowest BCUT2D eigenvalue weighted by Gasteiger charge is -2.06. The molecule has 0 saturated carbocycles. The van der Waals surface area contributed by atoms with Crippen LogP contribution in [0, 0.1) is 0 Å². The van der Waals surface area contributed by atoms with Crippen molar-refractivity contribution in [2.75, 3.05) is 6.54 Å². The van der Waals surface area contributed by atoms with Gasteiger partial charge in [-0.3, -0.25) is 0 Å². The summed E-state index contributed by atoms with van der Waals surface area (Å²) in [5.41, 5.74) is 7.73. The summed E-state index contributed by atoms with van der Waals surface area (Å²) in [6, 6.07) is 6.72. The smallest absolute Gasteiger partial charge is 0.387 e. The van der Waals surface area contributed by atoms with Gasteiger partial charge in [-0.1, -0.05) is 23.8 Å². The first kappa shape index (κ1) is 13.6. The SMILES string of the molecule is CC(=CCN)CCc1ccc(OC(F)F)cc1. The van der Waals surface area contributed by atoms with Crippen LogP contribution in [-0.4, -0.2) is 13.2 Å². The average molecular weight is 241 g/mol. The second-order valence-electron chi connectivity index (χ2n) is 3.81. The molecule has 0 amide bonds. The number of hydrogen-bond donors (Lipinski definition) is 1. The average Bonchev–Trinajstić information content (AvgIpc) is 2.28. The summed E-state index contributed by atoms with van der Waals surface area (Å²) in [6.07, 6.45) is 3.78. The molecule has 0 fully saturated rings. The molecule has 0 saturated heterocycles.